The number of carboxylic acid groups (broad SMARTS) is 1. The fourth-order valence-corrected chi connectivity index (χ4v) is 1.64. The molecule has 96 valence electrons. The van der Waals surface area contributed by atoms with Crippen LogP contribution in [0.1, 0.15) is 29.8 Å². The highest BCUT2D eigenvalue weighted by molar-refractivity contribution is 5.95. The fraction of sp³-hybridized carbons (Fsp3) is 0.286. The van der Waals surface area contributed by atoms with Gasteiger partial charge in [-0.15, -0.1) is 0 Å². The van der Waals surface area contributed by atoms with Gasteiger partial charge in [0.25, 0.3) is 5.91 Å². The molecule has 1 N–H and O–H groups in total. The van der Waals surface area contributed by atoms with E-state index in [0.29, 0.717) is 24.2 Å². The van der Waals surface area contributed by atoms with Crippen molar-refractivity contribution >= 4 is 18.0 Å². The molecule has 0 fully saturated rings. The van der Waals surface area contributed by atoms with E-state index in [4.69, 9.17) is 5.11 Å². The highest BCUT2D eigenvalue weighted by Gasteiger charge is 2.11. The first-order valence-electron chi connectivity index (χ1n) is 5.88. The normalized spacial score (nSPS) is 10.6. The molecule has 1 rings (SSSR count). The van der Waals surface area contributed by atoms with Crippen LogP contribution in [0.25, 0.3) is 6.08 Å². The maximum absolute atomic E-state index is 12.1. The van der Waals surface area contributed by atoms with Gasteiger partial charge in [0.1, 0.15) is 0 Å². The van der Waals surface area contributed by atoms with Gasteiger partial charge >= 0.3 is 5.97 Å². The second-order valence-corrected chi connectivity index (χ2v) is 3.77. The summed E-state index contributed by atoms with van der Waals surface area (Å²) in [5.74, 6) is -1.04. The second-order valence-electron chi connectivity index (χ2n) is 3.77. The summed E-state index contributed by atoms with van der Waals surface area (Å²) in [6, 6.07) is 6.94. The molecule has 0 saturated carbocycles. The zero-order valence-electron chi connectivity index (χ0n) is 10.6. The molecule has 0 aliphatic carbocycles. The van der Waals surface area contributed by atoms with Crippen molar-refractivity contribution in [1.29, 1.82) is 0 Å². The molecule has 4 nitrogen and oxygen atoms in total. The average Bonchev–Trinajstić information content (AvgIpc) is 2.38. The number of carboxylic acids is 1. The summed E-state index contributed by atoms with van der Waals surface area (Å²) in [5.41, 5.74) is 1.28. The van der Waals surface area contributed by atoms with Gasteiger partial charge in [0.05, 0.1) is 0 Å². The van der Waals surface area contributed by atoms with Crippen LogP contribution in [-0.2, 0) is 4.79 Å². The number of amides is 1. The lowest BCUT2D eigenvalue weighted by Gasteiger charge is -2.18. The summed E-state index contributed by atoms with van der Waals surface area (Å²) in [6.07, 6.45) is 2.53. The van der Waals surface area contributed by atoms with Crippen LogP contribution < -0.4 is 0 Å². The van der Waals surface area contributed by atoms with Crippen LogP contribution in [0.4, 0.5) is 0 Å². The van der Waals surface area contributed by atoms with Crippen molar-refractivity contribution in [2.45, 2.75) is 13.8 Å². The van der Waals surface area contributed by atoms with Crippen molar-refractivity contribution in [1.82, 2.24) is 4.90 Å². The Balaban J connectivity index is 2.94. The number of rotatable bonds is 5. The molecule has 1 amide bonds. The van der Waals surface area contributed by atoms with Crippen LogP contribution >= 0.6 is 0 Å². The fourth-order valence-electron chi connectivity index (χ4n) is 1.64. The number of carbonyl (C=O) groups is 2. The lowest BCUT2D eigenvalue weighted by Crippen LogP contribution is -2.30. The Labute approximate surface area is 107 Å². The van der Waals surface area contributed by atoms with E-state index in [2.05, 4.69) is 0 Å². The minimum absolute atomic E-state index is 0.0365. The number of nitrogens with zero attached hydrogens (tertiary/aromatic N) is 1. The lowest BCUT2D eigenvalue weighted by molar-refractivity contribution is -0.131. The number of hydrogen-bond acceptors (Lipinski definition) is 2. The molecule has 0 aliphatic rings. The van der Waals surface area contributed by atoms with Crippen molar-refractivity contribution in [2.75, 3.05) is 13.1 Å². The molecule has 0 spiro atoms. The van der Waals surface area contributed by atoms with Gasteiger partial charge in [-0.2, -0.15) is 0 Å². The average molecular weight is 247 g/mol. The molecule has 18 heavy (non-hydrogen) atoms. The molecule has 0 unspecified atom stereocenters. The molecule has 0 aliphatic heterocycles. The van der Waals surface area contributed by atoms with Crippen LogP contribution in [0.15, 0.2) is 30.3 Å². The van der Waals surface area contributed by atoms with Crippen LogP contribution in [-0.4, -0.2) is 35.0 Å². The number of carbonyl (C=O) groups excluding carboxylic acids is 1. The molecule has 0 atom stereocenters. The molecule has 0 heterocycles. The highest BCUT2D eigenvalue weighted by atomic mass is 16.4. The molecule has 1 aromatic rings. The van der Waals surface area contributed by atoms with Gasteiger partial charge in [-0.3, -0.25) is 4.79 Å². The van der Waals surface area contributed by atoms with Gasteiger partial charge in [0.15, 0.2) is 0 Å². The Morgan fingerprint density at radius 2 is 1.94 bits per heavy atom. The third-order valence-electron chi connectivity index (χ3n) is 2.60. The van der Waals surface area contributed by atoms with Gasteiger partial charge in [-0.1, -0.05) is 12.1 Å². The van der Waals surface area contributed by atoms with E-state index in [1.54, 1.807) is 29.2 Å². The van der Waals surface area contributed by atoms with E-state index in [9.17, 15) is 9.59 Å². The maximum atomic E-state index is 12.1. The van der Waals surface area contributed by atoms with Crippen molar-refractivity contribution < 1.29 is 14.7 Å². The summed E-state index contributed by atoms with van der Waals surface area (Å²) < 4.78 is 0. The van der Waals surface area contributed by atoms with Crippen LogP contribution in [0.2, 0.25) is 0 Å². The topological polar surface area (TPSA) is 57.6 Å². The largest absolute Gasteiger partial charge is 0.478 e. The van der Waals surface area contributed by atoms with Gasteiger partial charge in [-0.05, 0) is 37.6 Å². The molecule has 0 saturated heterocycles. The molecule has 0 aromatic heterocycles. The van der Waals surface area contributed by atoms with Crippen molar-refractivity contribution in [2.24, 2.45) is 0 Å². The molecular weight excluding hydrogens is 230 g/mol. The van der Waals surface area contributed by atoms with Crippen LogP contribution in [0.3, 0.4) is 0 Å². The summed E-state index contributed by atoms with van der Waals surface area (Å²) in [4.78, 5) is 24.2. The number of benzene rings is 1. The van der Waals surface area contributed by atoms with Crippen LogP contribution in [0.5, 0.6) is 0 Å². The van der Waals surface area contributed by atoms with E-state index < -0.39 is 5.97 Å². The highest BCUT2D eigenvalue weighted by Crippen LogP contribution is 2.10. The lowest BCUT2D eigenvalue weighted by atomic mass is 10.1. The molecule has 1 aromatic carbocycles. The molecule has 0 radical (unpaired) electrons. The van der Waals surface area contributed by atoms with Crippen molar-refractivity contribution in [3.8, 4) is 0 Å². The first-order valence-corrected chi connectivity index (χ1v) is 5.88. The minimum Gasteiger partial charge on any atom is -0.478 e. The Hall–Kier alpha value is -2.10. The Morgan fingerprint density at radius 1 is 1.28 bits per heavy atom. The summed E-state index contributed by atoms with van der Waals surface area (Å²) in [5, 5.41) is 8.56. The molecular formula is C14H17NO3. The Bertz CT molecular complexity index is 462. The number of hydrogen-bond donors (Lipinski definition) is 1. The van der Waals surface area contributed by atoms with Crippen molar-refractivity contribution in [3.63, 3.8) is 0 Å². The SMILES string of the molecule is CCN(CC)C(=O)c1cccc(/C=C/C(=O)O)c1. The first kappa shape index (κ1) is 14.0. The monoisotopic (exact) mass is 247 g/mol. The maximum Gasteiger partial charge on any atom is 0.328 e. The standard InChI is InChI=1S/C14H17NO3/c1-3-15(4-2)14(18)12-7-5-6-11(10-12)8-9-13(16)17/h5-10H,3-4H2,1-2H3,(H,16,17)/b9-8+. The van der Waals surface area contributed by atoms with E-state index in [1.165, 1.54) is 6.08 Å². The van der Waals surface area contributed by atoms with Gasteiger partial charge in [0, 0.05) is 24.7 Å². The smallest absolute Gasteiger partial charge is 0.328 e. The van der Waals surface area contributed by atoms with Gasteiger partial charge < -0.3 is 10.0 Å². The Kier molecular flexibility index (Phi) is 5.11. The predicted octanol–water partition coefficient (Wildman–Crippen LogP) is 2.27. The van der Waals surface area contributed by atoms with E-state index in [1.807, 2.05) is 13.8 Å². The quantitative estimate of drug-likeness (QED) is 0.812. The van der Waals surface area contributed by atoms with E-state index in [-0.39, 0.29) is 5.91 Å². The van der Waals surface area contributed by atoms with E-state index in [0.717, 1.165) is 6.08 Å². The first-order chi connectivity index (χ1) is 8.58. The Morgan fingerprint density at radius 3 is 2.50 bits per heavy atom. The molecule has 4 heteroatoms. The third-order valence-corrected chi connectivity index (χ3v) is 2.60. The van der Waals surface area contributed by atoms with Crippen LogP contribution in [0, 0.1) is 0 Å². The zero-order valence-corrected chi connectivity index (χ0v) is 10.6. The van der Waals surface area contributed by atoms with Crippen molar-refractivity contribution in [3.05, 3.63) is 41.5 Å². The van der Waals surface area contributed by atoms with Gasteiger partial charge in [0.2, 0.25) is 0 Å². The summed E-state index contributed by atoms with van der Waals surface area (Å²) >= 11 is 0. The third kappa shape index (κ3) is 3.73. The number of aliphatic carboxylic acids is 1. The van der Waals surface area contributed by atoms with E-state index >= 15 is 0 Å². The second kappa shape index (κ2) is 6.59. The summed E-state index contributed by atoms with van der Waals surface area (Å²) in [6.45, 7) is 5.17. The minimum atomic E-state index is -1.00. The predicted molar refractivity (Wildman–Crippen MR) is 70.4 cm³/mol. The van der Waals surface area contributed by atoms with Gasteiger partial charge in [-0.25, -0.2) is 4.79 Å². The zero-order chi connectivity index (χ0) is 13.5. The molecule has 0 bridgehead atoms. The summed E-state index contributed by atoms with van der Waals surface area (Å²) in [7, 11) is 0.